The molecule has 2 aromatic rings. The van der Waals surface area contributed by atoms with E-state index in [-0.39, 0.29) is 5.82 Å². The van der Waals surface area contributed by atoms with Crippen LogP contribution in [0.15, 0.2) is 33.4 Å². The summed E-state index contributed by atoms with van der Waals surface area (Å²) in [7, 11) is 1.97. The Morgan fingerprint density at radius 3 is 2.72 bits per heavy atom. The van der Waals surface area contributed by atoms with Crippen molar-refractivity contribution >= 4 is 33.0 Å². The molecule has 0 amide bonds. The van der Waals surface area contributed by atoms with E-state index in [1.54, 1.807) is 23.5 Å². The number of hydrogen-bond acceptors (Lipinski definition) is 3. The van der Waals surface area contributed by atoms with Crippen molar-refractivity contribution in [2.75, 3.05) is 12.8 Å². The van der Waals surface area contributed by atoms with E-state index in [9.17, 15) is 4.39 Å². The van der Waals surface area contributed by atoms with Crippen LogP contribution in [0.4, 0.5) is 10.1 Å². The first kappa shape index (κ1) is 13.5. The first-order valence-electron chi connectivity index (χ1n) is 5.50. The summed E-state index contributed by atoms with van der Waals surface area (Å²) in [6.45, 7) is 1.37. The molecule has 0 spiro atoms. The monoisotopic (exact) mass is 328 g/mol. The average Bonchev–Trinajstić information content (AvgIpc) is 2.68. The normalized spacial score (nSPS) is 11.1. The van der Waals surface area contributed by atoms with E-state index in [0.29, 0.717) is 17.8 Å². The molecule has 2 nitrogen and oxygen atoms in total. The van der Waals surface area contributed by atoms with E-state index < -0.39 is 0 Å². The molecule has 0 saturated carbocycles. The summed E-state index contributed by atoms with van der Waals surface area (Å²) in [5.74, 6) is -0.242. The van der Waals surface area contributed by atoms with Crippen LogP contribution in [0.1, 0.15) is 11.1 Å². The van der Waals surface area contributed by atoms with Crippen LogP contribution < -0.4 is 5.73 Å². The van der Waals surface area contributed by atoms with Crippen LogP contribution in [-0.2, 0) is 13.1 Å². The molecule has 18 heavy (non-hydrogen) atoms. The Bertz CT molecular complexity index is 542. The van der Waals surface area contributed by atoms with Crippen LogP contribution in [0.25, 0.3) is 0 Å². The molecular weight excluding hydrogens is 315 g/mol. The Kier molecular flexibility index (Phi) is 4.37. The highest BCUT2D eigenvalue weighted by Gasteiger charge is 2.07. The van der Waals surface area contributed by atoms with Gasteiger partial charge in [-0.15, -0.1) is 11.3 Å². The van der Waals surface area contributed by atoms with Gasteiger partial charge in [-0.2, -0.15) is 0 Å². The molecule has 0 saturated heterocycles. The third-order valence-electron chi connectivity index (χ3n) is 2.59. The number of thiophene rings is 1. The van der Waals surface area contributed by atoms with Gasteiger partial charge >= 0.3 is 0 Å². The fourth-order valence-corrected chi connectivity index (χ4v) is 2.98. The molecule has 0 fully saturated rings. The lowest BCUT2D eigenvalue weighted by molar-refractivity contribution is 0.314. The van der Waals surface area contributed by atoms with Crippen molar-refractivity contribution < 1.29 is 4.39 Å². The lowest BCUT2D eigenvalue weighted by atomic mass is 10.2. The molecule has 1 aromatic carbocycles. The van der Waals surface area contributed by atoms with Crippen LogP contribution in [-0.4, -0.2) is 11.9 Å². The number of anilines is 1. The molecule has 0 unspecified atom stereocenters. The average molecular weight is 329 g/mol. The minimum Gasteiger partial charge on any atom is -0.399 e. The summed E-state index contributed by atoms with van der Waals surface area (Å²) >= 11 is 5.09. The number of nitrogen functional groups attached to an aromatic ring is 1. The van der Waals surface area contributed by atoms with Gasteiger partial charge in [0.1, 0.15) is 5.82 Å². The van der Waals surface area contributed by atoms with E-state index in [2.05, 4.69) is 32.3 Å². The standard InChI is InChI=1S/C13H14BrFN2S/c1-17(6-9-4-13(14)18-8-9)7-10-2-3-11(16)5-12(10)15/h2-5,8H,6-7,16H2,1H3. The van der Waals surface area contributed by atoms with Gasteiger partial charge in [0, 0.05) is 24.3 Å². The first-order valence-corrected chi connectivity index (χ1v) is 7.17. The van der Waals surface area contributed by atoms with E-state index in [0.717, 1.165) is 10.3 Å². The van der Waals surface area contributed by atoms with Crippen LogP contribution in [0.3, 0.4) is 0 Å². The maximum absolute atomic E-state index is 13.6. The van der Waals surface area contributed by atoms with Gasteiger partial charge in [-0.1, -0.05) is 6.07 Å². The number of nitrogens with two attached hydrogens (primary N) is 1. The first-order chi connectivity index (χ1) is 8.54. The van der Waals surface area contributed by atoms with Crippen molar-refractivity contribution in [1.82, 2.24) is 4.90 Å². The predicted molar refractivity (Wildman–Crippen MR) is 78.0 cm³/mol. The molecular formula is C13H14BrFN2S. The van der Waals surface area contributed by atoms with Gasteiger partial charge in [0.2, 0.25) is 0 Å². The summed E-state index contributed by atoms with van der Waals surface area (Å²) in [6, 6.07) is 6.92. The zero-order valence-electron chi connectivity index (χ0n) is 9.99. The highest BCUT2D eigenvalue weighted by Crippen LogP contribution is 2.22. The second-order valence-corrected chi connectivity index (χ2v) is 6.57. The molecule has 2 rings (SSSR count). The minimum atomic E-state index is -0.242. The van der Waals surface area contributed by atoms with Crippen LogP contribution in [0, 0.1) is 5.82 Å². The smallest absolute Gasteiger partial charge is 0.129 e. The van der Waals surface area contributed by atoms with Crippen molar-refractivity contribution in [3.8, 4) is 0 Å². The topological polar surface area (TPSA) is 29.3 Å². The molecule has 1 aromatic heterocycles. The quantitative estimate of drug-likeness (QED) is 0.863. The molecule has 2 N–H and O–H groups in total. The van der Waals surface area contributed by atoms with Crippen LogP contribution in [0.2, 0.25) is 0 Å². The van der Waals surface area contributed by atoms with Gasteiger partial charge in [0.05, 0.1) is 3.79 Å². The Hall–Kier alpha value is -0.910. The second-order valence-electron chi connectivity index (χ2n) is 4.28. The summed E-state index contributed by atoms with van der Waals surface area (Å²) in [5.41, 5.74) is 7.88. The molecule has 0 bridgehead atoms. The number of hydrogen-bond donors (Lipinski definition) is 1. The number of rotatable bonds is 4. The van der Waals surface area contributed by atoms with Gasteiger partial charge in [0.15, 0.2) is 0 Å². The predicted octanol–water partition coefficient (Wildman–Crippen LogP) is 3.86. The number of nitrogens with zero attached hydrogens (tertiary/aromatic N) is 1. The van der Waals surface area contributed by atoms with Crippen molar-refractivity contribution in [2.24, 2.45) is 0 Å². The van der Waals surface area contributed by atoms with Crippen molar-refractivity contribution in [1.29, 1.82) is 0 Å². The number of halogens is 2. The Morgan fingerprint density at radius 2 is 2.11 bits per heavy atom. The van der Waals surface area contributed by atoms with Crippen LogP contribution >= 0.6 is 27.3 Å². The molecule has 5 heteroatoms. The third kappa shape index (κ3) is 3.54. The zero-order chi connectivity index (χ0) is 13.1. The largest absolute Gasteiger partial charge is 0.399 e. The fourth-order valence-electron chi connectivity index (χ4n) is 1.78. The Morgan fingerprint density at radius 1 is 1.33 bits per heavy atom. The fraction of sp³-hybridized carbons (Fsp3) is 0.231. The maximum atomic E-state index is 13.6. The lowest BCUT2D eigenvalue weighted by Crippen LogP contribution is -2.17. The van der Waals surface area contributed by atoms with E-state index in [4.69, 9.17) is 5.73 Å². The van der Waals surface area contributed by atoms with Gasteiger partial charge in [-0.3, -0.25) is 4.90 Å². The van der Waals surface area contributed by atoms with E-state index in [1.807, 2.05) is 7.05 Å². The highest BCUT2D eigenvalue weighted by atomic mass is 79.9. The molecule has 1 heterocycles. The summed E-state index contributed by atoms with van der Waals surface area (Å²) < 4.78 is 14.8. The Labute approximate surface area is 118 Å². The molecule has 0 atom stereocenters. The zero-order valence-corrected chi connectivity index (χ0v) is 12.4. The van der Waals surface area contributed by atoms with Crippen LogP contribution in [0.5, 0.6) is 0 Å². The van der Waals surface area contributed by atoms with Gasteiger partial charge < -0.3 is 5.73 Å². The molecule has 96 valence electrons. The second kappa shape index (κ2) is 5.82. The van der Waals surface area contributed by atoms with Crippen molar-refractivity contribution in [3.63, 3.8) is 0 Å². The minimum absolute atomic E-state index is 0.242. The highest BCUT2D eigenvalue weighted by molar-refractivity contribution is 9.11. The lowest BCUT2D eigenvalue weighted by Gasteiger charge is -2.16. The molecule has 0 aliphatic rings. The number of benzene rings is 1. The maximum Gasteiger partial charge on any atom is 0.129 e. The van der Waals surface area contributed by atoms with E-state index >= 15 is 0 Å². The van der Waals surface area contributed by atoms with Gasteiger partial charge in [-0.25, -0.2) is 4.39 Å². The summed E-state index contributed by atoms with van der Waals surface area (Å²) in [4.78, 5) is 2.07. The van der Waals surface area contributed by atoms with Gasteiger partial charge in [0.25, 0.3) is 0 Å². The molecule has 0 aliphatic heterocycles. The third-order valence-corrected chi connectivity index (χ3v) is 4.14. The Balaban J connectivity index is 2.00. The SMILES string of the molecule is CN(Cc1csc(Br)c1)Cc1ccc(N)cc1F. The summed E-state index contributed by atoms with van der Waals surface area (Å²) in [6.07, 6.45) is 0. The van der Waals surface area contributed by atoms with Gasteiger partial charge in [-0.05, 0) is 52.1 Å². The summed E-state index contributed by atoms with van der Waals surface area (Å²) in [5, 5.41) is 2.10. The van der Waals surface area contributed by atoms with E-state index in [1.165, 1.54) is 11.6 Å². The molecule has 0 radical (unpaired) electrons. The van der Waals surface area contributed by atoms with Crippen molar-refractivity contribution in [2.45, 2.75) is 13.1 Å². The van der Waals surface area contributed by atoms with Crippen molar-refractivity contribution in [3.05, 3.63) is 50.4 Å². The molecule has 0 aliphatic carbocycles.